The molecule has 1 fully saturated rings. The van der Waals surface area contributed by atoms with Crippen LogP contribution in [0.1, 0.15) is 19.8 Å². The van der Waals surface area contributed by atoms with Gasteiger partial charge in [0.15, 0.2) is 0 Å². The second-order valence-electron chi connectivity index (χ2n) is 4.53. The smallest absolute Gasteiger partial charge is 0.326 e. The van der Waals surface area contributed by atoms with E-state index in [4.69, 9.17) is 5.11 Å². The highest BCUT2D eigenvalue weighted by molar-refractivity contribution is 7.98. The lowest BCUT2D eigenvalue weighted by Gasteiger charge is -2.24. The number of nitrogens with one attached hydrogen (secondary N) is 1. The number of carbonyl (C=O) groups is 2. The van der Waals surface area contributed by atoms with Gasteiger partial charge >= 0.3 is 12.0 Å². The van der Waals surface area contributed by atoms with Gasteiger partial charge in [-0.1, -0.05) is 0 Å². The van der Waals surface area contributed by atoms with Gasteiger partial charge in [0.2, 0.25) is 0 Å². The van der Waals surface area contributed by atoms with E-state index in [1.807, 2.05) is 13.2 Å². The molecule has 7 heteroatoms. The van der Waals surface area contributed by atoms with Crippen LogP contribution in [-0.2, 0) is 4.79 Å². The molecular formula is C11H20N2O4S. The molecule has 0 aromatic carbocycles. The molecule has 0 aliphatic carbocycles. The Morgan fingerprint density at radius 2 is 2.22 bits per heavy atom. The minimum Gasteiger partial charge on any atom is -0.480 e. The lowest BCUT2D eigenvalue weighted by atomic mass is 10.2. The van der Waals surface area contributed by atoms with E-state index in [0.717, 1.165) is 12.2 Å². The molecule has 1 rings (SSSR count). The Morgan fingerprint density at radius 3 is 2.78 bits per heavy atom. The van der Waals surface area contributed by atoms with Gasteiger partial charge in [-0.25, -0.2) is 9.59 Å². The number of hydrogen-bond acceptors (Lipinski definition) is 4. The average molecular weight is 276 g/mol. The van der Waals surface area contributed by atoms with Crippen molar-refractivity contribution in [3.05, 3.63) is 0 Å². The number of aliphatic hydroxyl groups is 1. The average Bonchev–Trinajstić information content (AvgIpc) is 2.69. The summed E-state index contributed by atoms with van der Waals surface area (Å²) in [7, 11) is 0. The SMILES string of the molecule is CSCCC(C)NC(=O)N1CC(O)CC1C(=O)O. The lowest BCUT2D eigenvalue weighted by molar-refractivity contribution is -0.141. The summed E-state index contributed by atoms with van der Waals surface area (Å²) in [4.78, 5) is 24.1. The number of thioether (sulfide) groups is 1. The Kier molecular flexibility index (Phi) is 5.74. The molecule has 18 heavy (non-hydrogen) atoms. The summed E-state index contributed by atoms with van der Waals surface area (Å²) >= 11 is 1.70. The molecule has 0 aromatic heterocycles. The van der Waals surface area contributed by atoms with Gasteiger partial charge < -0.3 is 20.4 Å². The maximum absolute atomic E-state index is 11.9. The van der Waals surface area contributed by atoms with Gasteiger partial charge in [0.1, 0.15) is 6.04 Å². The molecule has 1 heterocycles. The predicted octanol–water partition coefficient (Wildman–Crippen LogP) is 0.357. The van der Waals surface area contributed by atoms with Crippen LogP contribution in [0, 0.1) is 0 Å². The Morgan fingerprint density at radius 1 is 1.56 bits per heavy atom. The number of nitrogens with zero attached hydrogens (tertiary/aromatic N) is 1. The molecule has 3 N–H and O–H groups in total. The van der Waals surface area contributed by atoms with Crippen LogP contribution in [0.3, 0.4) is 0 Å². The van der Waals surface area contributed by atoms with Crippen LogP contribution >= 0.6 is 11.8 Å². The van der Waals surface area contributed by atoms with E-state index >= 15 is 0 Å². The largest absolute Gasteiger partial charge is 0.480 e. The zero-order valence-corrected chi connectivity index (χ0v) is 11.4. The maximum atomic E-state index is 11.9. The molecule has 0 saturated carbocycles. The third-order valence-corrected chi connectivity index (χ3v) is 3.59. The Labute approximate surface area is 111 Å². The second kappa shape index (κ2) is 6.84. The summed E-state index contributed by atoms with van der Waals surface area (Å²) in [5, 5.41) is 21.2. The van der Waals surface area contributed by atoms with Gasteiger partial charge in [-0.3, -0.25) is 0 Å². The van der Waals surface area contributed by atoms with Crippen LogP contribution in [0.5, 0.6) is 0 Å². The van der Waals surface area contributed by atoms with E-state index in [9.17, 15) is 14.7 Å². The number of carboxylic acid groups (broad SMARTS) is 1. The number of aliphatic carboxylic acids is 1. The first kappa shape index (κ1) is 15.1. The fourth-order valence-corrected chi connectivity index (χ4v) is 2.52. The number of likely N-dealkylation sites (tertiary alicyclic amines) is 1. The van der Waals surface area contributed by atoms with Gasteiger partial charge in [0, 0.05) is 19.0 Å². The summed E-state index contributed by atoms with van der Waals surface area (Å²) in [5.41, 5.74) is 0. The van der Waals surface area contributed by atoms with Crippen molar-refractivity contribution >= 4 is 23.8 Å². The molecule has 3 unspecified atom stereocenters. The van der Waals surface area contributed by atoms with E-state index in [1.54, 1.807) is 11.8 Å². The first-order valence-corrected chi connectivity index (χ1v) is 7.32. The maximum Gasteiger partial charge on any atom is 0.326 e. The number of rotatable bonds is 5. The summed E-state index contributed by atoms with van der Waals surface area (Å²) in [6.45, 7) is 1.97. The van der Waals surface area contributed by atoms with Crippen LogP contribution in [0.15, 0.2) is 0 Å². The zero-order valence-electron chi connectivity index (χ0n) is 10.6. The molecule has 0 radical (unpaired) electrons. The topological polar surface area (TPSA) is 89.9 Å². The van der Waals surface area contributed by atoms with Crippen LogP contribution in [0.25, 0.3) is 0 Å². The van der Waals surface area contributed by atoms with Crippen molar-refractivity contribution in [3.8, 4) is 0 Å². The highest BCUT2D eigenvalue weighted by Gasteiger charge is 2.39. The molecular weight excluding hydrogens is 256 g/mol. The molecule has 1 saturated heterocycles. The van der Waals surface area contributed by atoms with Gasteiger partial charge in [-0.05, 0) is 25.4 Å². The molecule has 0 spiro atoms. The van der Waals surface area contributed by atoms with Crippen molar-refractivity contribution in [2.75, 3.05) is 18.6 Å². The highest BCUT2D eigenvalue weighted by atomic mass is 32.2. The molecule has 6 nitrogen and oxygen atoms in total. The van der Waals surface area contributed by atoms with E-state index < -0.39 is 24.1 Å². The Balaban J connectivity index is 2.52. The molecule has 1 aliphatic heterocycles. The summed E-state index contributed by atoms with van der Waals surface area (Å²) in [5.74, 6) is -0.134. The van der Waals surface area contributed by atoms with E-state index in [2.05, 4.69) is 5.32 Å². The van der Waals surface area contributed by atoms with Crippen molar-refractivity contribution in [1.29, 1.82) is 0 Å². The van der Waals surface area contributed by atoms with Crippen molar-refractivity contribution in [3.63, 3.8) is 0 Å². The number of β-amino-alcohol motifs (C(OH)–C–C–N with tert-alkyl or cyclic N) is 1. The standard InChI is InChI=1S/C11H20N2O4S/c1-7(3-4-18-2)12-11(17)13-6-8(14)5-9(13)10(15)16/h7-9,14H,3-6H2,1-2H3,(H,12,17)(H,15,16). The molecule has 3 atom stereocenters. The fourth-order valence-electron chi connectivity index (χ4n) is 1.93. The summed E-state index contributed by atoms with van der Waals surface area (Å²) in [6.07, 6.45) is 2.17. The third kappa shape index (κ3) is 4.06. The minimum absolute atomic E-state index is 0.00265. The Bertz CT molecular complexity index is 313. The van der Waals surface area contributed by atoms with E-state index in [0.29, 0.717) is 0 Å². The molecule has 0 aromatic rings. The van der Waals surface area contributed by atoms with E-state index in [1.165, 1.54) is 4.90 Å². The normalized spacial score (nSPS) is 24.9. The van der Waals surface area contributed by atoms with Crippen LogP contribution < -0.4 is 5.32 Å². The van der Waals surface area contributed by atoms with Crippen molar-refractivity contribution < 1.29 is 19.8 Å². The first-order valence-electron chi connectivity index (χ1n) is 5.92. The van der Waals surface area contributed by atoms with Crippen molar-refractivity contribution in [2.45, 2.75) is 38.0 Å². The fraction of sp³-hybridized carbons (Fsp3) is 0.818. The number of hydrogen-bond donors (Lipinski definition) is 3. The summed E-state index contributed by atoms with van der Waals surface area (Å²) < 4.78 is 0. The third-order valence-electron chi connectivity index (χ3n) is 2.95. The first-order chi connectivity index (χ1) is 8.45. The number of carbonyl (C=O) groups excluding carboxylic acids is 1. The van der Waals surface area contributed by atoms with Crippen LogP contribution in [-0.4, -0.2) is 63.9 Å². The molecule has 104 valence electrons. The van der Waals surface area contributed by atoms with Crippen molar-refractivity contribution in [1.82, 2.24) is 10.2 Å². The van der Waals surface area contributed by atoms with Gasteiger partial charge in [0.05, 0.1) is 6.10 Å². The van der Waals surface area contributed by atoms with Gasteiger partial charge in [0.25, 0.3) is 0 Å². The minimum atomic E-state index is -1.07. The molecule has 1 aliphatic rings. The lowest BCUT2D eigenvalue weighted by Crippen LogP contribution is -2.48. The van der Waals surface area contributed by atoms with Crippen LogP contribution in [0.4, 0.5) is 4.79 Å². The monoisotopic (exact) mass is 276 g/mol. The number of carboxylic acids is 1. The number of amides is 2. The van der Waals surface area contributed by atoms with Gasteiger partial charge in [-0.2, -0.15) is 11.8 Å². The molecule has 0 bridgehead atoms. The highest BCUT2D eigenvalue weighted by Crippen LogP contribution is 2.18. The summed E-state index contributed by atoms with van der Waals surface area (Å²) in [6, 6.07) is -1.34. The van der Waals surface area contributed by atoms with E-state index in [-0.39, 0.29) is 19.0 Å². The Hall–Kier alpha value is -0.950. The van der Waals surface area contributed by atoms with Crippen molar-refractivity contribution in [2.24, 2.45) is 0 Å². The predicted molar refractivity (Wildman–Crippen MR) is 69.7 cm³/mol. The number of aliphatic hydroxyl groups excluding tert-OH is 1. The molecule has 2 amide bonds. The van der Waals surface area contributed by atoms with Crippen LogP contribution in [0.2, 0.25) is 0 Å². The number of urea groups is 1. The second-order valence-corrected chi connectivity index (χ2v) is 5.51. The quantitative estimate of drug-likeness (QED) is 0.674. The zero-order chi connectivity index (χ0) is 13.7. The van der Waals surface area contributed by atoms with Gasteiger partial charge in [-0.15, -0.1) is 0 Å².